The first-order valence-corrected chi connectivity index (χ1v) is 7.71. The maximum Gasteiger partial charge on any atom is 0.389 e. The van der Waals surface area contributed by atoms with E-state index in [-0.39, 0.29) is 5.92 Å². The highest BCUT2D eigenvalue weighted by Gasteiger charge is 2.30. The zero-order valence-corrected chi connectivity index (χ0v) is 13.1. The minimum atomic E-state index is -4.31. The van der Waals surface area contributed by atoms with E-state index < -0.39 is 24.9 Å². The van der Waals surface area contributed by atoms with E-state index in [1.165, 1.54) is 17.2 Å². The molecular formula is C16H18F3N3O2. The van der Waals surface area contributed by atoms with Gasteiger partial charge in [0.25, 0.3) is 0 Å². The zero-order valence-electron chi connectivity index (χ0n) is 13.1. The summed E-state index contributed by atoms with van der Waals surface area (Å²) in [5.41, 5.74) is 0.438. The van der Waals surface area contributed by atoms with Crippen molar-refractivity contribution in [3.05, 3.63) is 23.9 Å². The Morgan fingerprint density at radius 1 is 1.50 bits per heavy atom. The van der Waals surface area contributed by atoms with Crippen LogP contribution in [0, 0.1) is 17.2 Å². The second-order valence-corrected chi connectivity index (χ2v) is 5.77. The standard InChI is InChI=1S/C16H18F3N3O2/c17-16(18,19)5-3-15(23)22-7-1-2-13(10-22)11-24-14-8-12(9-20)4-6-21-14/h4,6,8,13H,1-3,5,7,10-11H2. The molecule has 24 heavy (non-hydrogen) atoms. The summed E-state index contributed by atoms with van der Waals surface area (Å²) in [5.74, 6) is -0.0997. The number of nitriles is 1. The van der Waals surface area contributed by atoms with Crippen LogP contribution in [0.4, 0.5) is 13.2 Å². The van der Waals surface area contributed by atoms with Gasteiger partial charge in [-0.1, -0.05) is 0 Å². The van der Waals surface area contributed by atoms with Crippen molar-refractivity contribution in [2.75, 3.05) is 19.7 Å². The average Bonchev–Trinajstić information content (AvgIpc) is 2.57. The van der Waals surface area contributed by atoms with Crippen LogP contribution in [0.3, 0.4) is 0 Å². The molecule has 1 aliphatic rings. The van der Waals surface area contributed by atoms with Crippen molar-refractivity contribution in [2.24, 2.45) is 5.92 Å². The summed E-state index contributed by atoms with van der Waals surface area (Å²) in [6.45, 7) is 1.18. The molecule has 1 aromatic heterocycles. The largest absolute Gasteiger partial charge is 0.477 e. The summed E-state index contributed by atoms with van der Waals surface area (Å²) in [5, 5.41) is 8.82. The van der Waals surface area contributed by atoms with Crippen LogP contribution in [-0.4, -0.2) is 41.7 Å². The third-order valence-corrected chi connectivity index (χ3v) is 3.82. The van der Waals surface area contributed by atoms with E-state index in [1.807, 2.05) is 6.07 Å². The third-order valence-electron chi connectivity index (χ3n) is 3.82. The van der Waals surface area contributed by atoms with Gasteiger partial charge in [0, 0.05) is 37.7 Å². The molecule has 2 rings (SSSR count). The molecule has 1 saturated heterocycles. The minimum absolute atomic E-state index is 0.0427. The van der Waals surface area contributed by atoms with Crippen molar-refractivity contribution in [1.82, 2.24) is 9.88 Å². The van der Waals surface area contributed by atoms with Crippen molar-refractivity contribution in [3.63, 3.8) is 0 Å². The number of pyridine rings is 1. The molecule has 2 heterocycles. The van der Waals surface area contributed by atoms with Crippen molar-refractivity contribution in [2.45, 2.75) is 31.9 Å². The summed E-state index contributed by atoms with van der Waals surface area (Å²) in [7, 11) is 0. The highest BCUT2D eigenvalue weighted by atomic mass is 19.4. The van der Waals surface area contributed by atoms with Gasteiger partial charge in [0.2, 0.25) is 11.8 Å². The number of nitrogens with zero attached hydrogens (tertiary/aromatic N) is 3. The van der Waals surface area contributed by atoms with Crippen LogP contribution in [0.2, 0.25) is 0 Å². The Hall–Kier alpha value is -2.30. The molecule has 0 aromatic carbocycles. The molecule has 0 bridgehead atoms. The van der Waals surface area contributed by atoms with Crippen LogP contribution in [0.5, 0.6) is 5.88 Å². The molecule has 8 heteroatoms. The van der Waals surface area contributed by atoms with E-state index in [2.05, 4.69) is 4.98 Å². The lowest BCUT2D eigenvalue weighted by molar-refractivity contribution is -0.150. The lowest BCUT2D eigenvalue weighted by Crippen LogP contribution is -2.41. The molecule has 130 valence electrons. The second-order valence-electron chi connectivity index (χ2n) is 5.77. The molecule has 0 saturated carbocycles. The topological polar surface area (TPSA) is 66.2 Å². The number of alkyl halides is 3. The van der Waals surface area contributed by atoms with E-state index in [9.17, 15) is 18.0 Å². The van der Waals surface area contributed by atoms with Gasteiger partial charge in [-0.25, -0.2) is 4.98 Å². The SMILES string of the molecule is N#Cc1ccnc(OCC2CCCN(C(=O)CCC(F)(F)F)C2)c1. The van der Waals surface area contributed by atoms with Crippen molar-refractivity contribution < 1.29 is 22.7 Å². The van der Waals surface area contributed by atoms with E-state index >= 15 is 0 Å². The molecule has 1 atom stereocenters. The van der Waals surface area contributed by atoms with Crippen LogP contribution in [0.25, 0.3) is 0 Å². The maximum atomic E-state index is 12.2. The van der Waals surface area contributed by atoms with E-state index in [4.69, 9.17) is 10.00 Å². The number of carbonyl (C=O) groups is 1. The molecule has 0 radical (unpaired) electrons. The van der Waals surface area contributed by atoms with Gasteiger partial charge >= 0.3 is 6.18 Å². The quantitative estimate of drug-likeness (QED) is 0.826. The Morgan fingerprint density at radius 3 is 3.00 bits per heavy atom. The molecule has 0 N–H and O–H groups in total. The number of rotatable bonds is 5. The van der Waals surface area contributed by atoms with Gasteiger partial charge in [-0.2, -0.15) is 18.4 Å². The lowest BCUT2D eigenvalue weighted by atomic mass is 9.98. The number of hydrogen-bond donors (Lipinski definition) is 0. The molecule has 1 aliphatic heterocycles. The minimum Gasteiger partial charge on any atom is -0.477 e. The lowest BCUT2D eigenvalue weighted by Gasteiger charge is -2.32. The van der Waals surface area contributed by atoms with Crippen molar-refractivity contribution in [1.29, 1.82) is 5.26 Å². The van der Waals surface area contributed by atoms with E-state index in [1.54, 1.807) is 6.07 Å². The highest BCUT2D eigenvalue weighted by Crippen LogP contribution is 2.24. The molecule has 1 amide bonds. The van der Waals surface area contributed by atoms with Crippen LogP contribution < -0.4 is 4.74 Å². The fourth-order valence-corrected chi connectivity index (χ4v) is 2.60. The Kier molecular flexibility index (Phi) is 6.01. The number of carbonyl (C=O) groups excluding carboxylic acids is 1. The fraction of sp³-hybridized carbons (Fsp3) is 0.562. The number of hydrogen-bond acceptors (Lipinski definition) is 4. The van der Waals surface area contributed by atoms with Crippen LogP contribution >= 0.6 is 0 Å². The van der Waals surface area contributed by atoms with Crippen LogP contribution in [0.1, 0.15) is 31.2 Å². The van der Waals surface area contributed by atoms with Crippen LogP contribution in [0.15, 0.2) is 18.3 Å². The Labute approximate surface area is 138 Å². The number of piperidine rings is 1. The first-order valence-electron chi connectivity index (χ1n) is 7.71. The van der Waals surface area contributed by atoms with Crippen molar-refractivity contribution in [3.8, 4) is 11.9 Å². The molecule has 1 unspecified atom stereocenters. The Morgan fingerprint density at radius 2 is 2.29 bits per heavy atom. The summed E-state index contributed by atoms with van der Waals surface area (Å²) in [6, 6.07) is 5.08. The van der Waals surface area contributed by atoms with Gasteiger partial charge in [-0.05, 0) is 18.9 Å². The predicted octanol–water partition coefficient (Wildman–Crippen LogP) is 2.91. The van der Waals surface area contributed by atoms with E-state index in [0.29, 0.717) is 31.1 Å². The average molecular weight is 341 g/mol. The zero-order chi connectivity index (χ0) is 17.6. The molecule has 1 aromatic rings. The number of likely N-dealkylation sites (tertiary alicyclic amines) is 1. The summed E-state index contributed by atoms with van der Waals surface area (Å²) in [6.07, 6.45) is -2.87. The maximum absolute atomic E-state index is 12.2. The number of aromatic nitrogens is 1. The second kappa shape index (κ2) is 7.99. The highest BCUT2D eigenvalue weighted by molar-refractivity contribution is 5.76. The summed E-state index contributed by atoms with van der Waals surface area (Å²) < 4.78 is 42.2. The van der Waals surface area contributed by atoms with Gasteiger partial charge in [0.05, 0.1) is 24.7 Å². The van der Waals surface area contributed by atoms with Gasteiger partial charge in [0.15, 0.2) is 0 Å². The predicted molar refractivity (Wildman–Crippen MR) is 79.0 cm³/mol. The molecular weight excluding hydrogens is 323 g/mol. The smallest absolute Gasteiger partial charge is 0.389 e. The first kappa shape index (κ1) is 18.0. The van der Waals surface area contributed by atoms with E-state index in [0.717, 1.165) is 12.8 Å². The summed E-state index contributed by atoms with van der Waals surface area (Å²) >= 11 is 0. The van der Waals surface area contributed by atoms with Gasteiger partial charge in [0.1, 0.15) is 0 Å². The molecule has 1 fully saturated rings. The number of halogens is 3. The van der Waals surface area contributed by atoms with Crippen LogP contribution in [-0.2, 0) is 4.79 Å². The van der Waals surface area contributed by atoms with Crippen molar-refractivity contribution >= 4 is 5.91 Å². The fourth-order valence-electron chi connectivity index (χ4n) is 2.60. The Balaban J connectivity index is 1.82. The number of amides is 1. The summed E-state index contributed by atoms with van der Waals surface area (Å²) in [4.78, 5) is 17.4. The monoisotopic (exact) mass is 341 g/mol. The third kappa shape index (κ3) is 5.72. The first-order chi connectivity index (χ1) is 11.4. The molecule has 0 aliphatic carbocycles. The Bertz CT molecular complexity index is 613. The van der Waals surface area contributed by atoms with Gasteiger partial charge in [-0.3, -0.25) is 4.79 Å². The number of ether oxygens (including phenoxy) is 1. The normalized spacial score (nSPS) is 18.1. The molecule has 0 spiro atoms. The van der Waals surface area contributed by atoms with Gasteiger partial charge in [-0.15, -0.1) is 0 Å². The van der Waals surface area contributed by atoms with Gasteiger partial charge < -0.3 is 9.64 Å². The molecule has 5 nitrogen and oxygen atoms in total.